The molecule has 0 spiro atoms. The number of carbonyl (C=O) groups excluding carboxylic acids is 1. The quantitative estimate of drug-likeness (QED) is 0.890. The number of methoxy groups -OCH3 is 1. The Morgan fingerprint density at radius 2 is 1.81 bits per heavy atom. The number of nitrogens with zero attached hydrogens (tertiary/aromatic N) is 1. The number of carboxylic acids is 1. The average molecular weight is 353 g/mol. The molecule has 0 bridgehead atoms. The number of rotatable bonds is 5. The summed E-state index contributed by atoms with van der Waals surface area (Å²) in [5.74, 6) is -0.943. The maximum absolute atomic E-state index is 13.1. The topological polar surface area (TPSA) is 66.8 Å². The summed E-state index contributed by atoms with van der Waals surface area (Å²) < 4.78 is 5.20. The highest BCUT2D eigenvalue weighted by atomic mass is 16.5. The molecule has 0 saturated heterocycles. The van der Waals surface area contributed by atoms with Gasteiger partial charge in [-0.2, -0.15) is 0 Å². The molecule has 0 aromatic heterocycles. The molecule has 0 saturated carbocycles. The van der Waals surface area contributed by atoms with Gasteiger partial charge in [0, 0.05) is 12.1 Å². The van der Waals surface area contributed by atoms with Crippen molar-refractivity contribution in [2.45, 2.75) is 25.8 Å². The van der Waals surface area contributed by atoms with E-state index in [0.29, 0.717) is 23.4 Å². The van der Waals surface area contributed by atoms with Crippen molar-refractivity contribution in [1.82, 2.24) is 4.90 Å². The number of fused-ring (bicyclic) bond motifs is 1. The minimum absolute atomic E-state index is 0.118. The molecular weight excluding hydrogens is 330 g/mol. The normalized spacial score (nSPS) is 19.4. The highest BCUT2D eigenvalue weighted by Gasteiger charge is 2.44. The van der Waals surface area contributed by atoms with Crippen LogP contribution in [0.25, 0.3) is 0 Å². The van der Waals surface area contributed by atoms with Crippen LogP contribution in [0, 0.1) is 5.92 Å². The van der Waals surface area contributed by atoms with Crippen LogP contribution >= 0.6 is 0 Å². The first-order valence-electron chi connectivity index (χ1n) is 8.70. The number of hydrogen-bond acceptors (Lipinski definition) is 3. The first-order valence-corrected chi connectivity index (χ1v) is 8.70. The van der Waals surface area contributed by atoms with Gasteiger partial charge in [-0.15, -0.1) is 0 Å². The minimum Gasteiger partial charge on any atom is -0.497 e. The molecule has 2 atom stereocenters. The maximum atomic E-state index is 13.1. The Morgan fingerprint density at radius 3 is 2.38 bits per heavy atom. The maximum Gasteiger partial charge on any atom is 0.313 e. The zero-order valence-corrected chi connectivity index (χ0v) is 15.2. The number of hydrogen-bond donors (Lipinski definition) is 1. The van der Waals surface area contributed by atoms with Gasteiger partial charge in [0.25, 0.3) is 5.91 Å². The predicted molar refractivity (Wildman–Crippen MR) is 98.4 cm³/mol. The van der Waals surface area contributed by atoms with Crippen molar-refractivity contribution in [3.63, 3.8) is 0 Å². The second-order valence-corrected chi connectivity index (χ2v) is 6.97. The van der Waals surface area contributed by atoms with E-state index in [-0.39, 0.29) is 11.8 Å². The van der Waals surface area contributed by atoms with Crippen molar-refractivity contribution in [2.24, 2.45) is 5.92 Å². The van der Waals surface area contributed by atoms with Crippen molar-refractivity contribution >= 4 is 11.9 Å². The molecule has 5 heteroatoms. The van der Waals surface area contributed by atoms with Gasteiger partial charge in [0.15, 0.2) is 0 Å². The molecule has 3 rings (SSSR count). The van der Waals surface area contributed by atoms with Gasteiger partial charge < -0.3 is 14.7 Å². The summed E-state index contributed by atoms with van der Waals surface area (Å²) in [5.41, 5.74) is 1.85. The number of ether oxygens (including phenoxy) is 1. The van der Waals surface area contributed by atoms with Crippen LogP contribution in [0.2, 0.25) is 0 Å². The first kappa shape index (κ1) is 18.0. The number of carbonyl (C=O) groups is 2. The highest BCUT2D eigenvalue weighted by Crippen LogP contribution is 2.43. The predicted octanol–water partition coefficient (Wildman–Crippen LogP) is 3.72. The van der Waals surface area contributed by atoms with Crippen LogP contribution in [0.15, 0.2) is 48.5 Å². The van der Waals surface area contributed by atoms with E-state index in [1.807, 2.05) is 26.0 Å². The second kappa shape index (κ2) is 7.20. The second-order valence-electron chi connectivity index (χ2n) is 6.97. The Morgan fingerprint density at radius 1 is 1.15 bits per heavy atom. The van der Waals surface area contributed by atoms with E-state index in [2.05, 4.69) is 0 Å². The van der Waals surface area contributed by atoms with E-state index in [0.717, 1.165) is 5.56 Å². The molecule has 0 aliphatic carbocycles. The lowest BCUT2D eigenvalue weighted by Gasteiger charge is -2.41. The Kier molecular flexibility index (Phi) is 4.98. The summed E-state index contributed by atoms with van der Waals surface area (Å²) in [5, 5.41) is 9.99. The Bertz CT molecular complexity index is 813. The molecule has 2 aromatic rings. The molecule has 2 aromatic carbocycles. The Labute approximate surface area is 153 Å². The van der Waals surface area contributed by atoms with E-state index in [1.54, 1.807) is 48.4 Å². The van der Waals surface area contributed by atoms with Crippen molar-refractivity contribution in [3.8, 4) is 5.75 Å². The van der Waals surface area contributed by atoms with Crippen LogP contribution in [-0.2, 0) is 4.79 Å². The Hall–Kier alpha value is -2.82. The number of benzene rings is 2. The minimum atomic E-state index is -0.931. The third-order valence-corrected chi connectivity index (χ3v) is 4.72. The van der Waals surface area contributed by atoms with Crippen molar-refractivity contribution in [2.75, 3.05) is 13.7 Å². The van der Waals surface area contributed by atoms with E-state index in [1.165, 1.54) is 0 Å². The molecule has 1 aliphatic rings. The van der Waals surface area contributed by atoms with Crippen LogP contribution in [0.5, 0.6) is 5.75 Å². The zero-order valence-electron chi connectivity index (χ0n) is 15.2. The number of aliphatic carboxylic acids is 1. The largest absolute Gasteiger partial charge is 0.497 e. The first-order chi connectivity index (χ1) is 12.4. The third kappa shape index (κ3) is 3.17. The van der Waals surface area contributed by atoms with Gasteiger partial charge in [-0.3, -0.25) is 9.59 Å². The molecule has 1 amide bonds. The van der Waals surface area contributed by atoms with Crippen molar-refractivity contribution < 1.29 is 19.4 Å². The summed E-state index contributed by atoms with van der Waals surface area (Å²) >= 11 is 0. The summed E-state index contributed by atoms with van der Waals surface area (Å²) in [6.07, 6.45) is 0. The van der Waals surface area contributed by atoms with Crippen LogP contribution in [0.4, 0.5) is 0 Å². The molecule has 5 nitrogen and oxygen atoms in total. The summed E-state index contributed by atoms with van der Waals surface area (Å²) in [6, 6.07) is 13.7. The molecule has 0 fully saturated rings. The zero-order chi connectivity index (χ0) is 18.8. The molecule has 0 unspecified atom stereocenters. The standard InChI is InChI=1S/C21H23NO4/c1-13(2)12-22-19(14-8-10-15(26-3)11-9-14)18(21(24)25)16-6-4-5-7-17(16)20(22)23/h4-11,13,18-19H,12H2,1-3H3,(H,24,25)/t18-,19+/m1/s1. The van der Waals surface area contributed by atoms with Crippen LogP contribution < -0.4 is 4.74 Å². The Balaban J connectivity index is 2.17. The molecule has 136 valence electrons. The van der Waals surface area contributed by atoms with Gasteiger partial charge in [0.2, 0.25) is 0 Å². The van der Waals surface area contributed by atoms with E-state index < -0.39 is 17.9 Å². The molecule has 0 radical (unpaired) electrons. The van der Waals surface area contributed by atoms with Crippen LogP contribution in [0.3, 0.4) is 0 Å². The third-order valence-electron chi connectivity index (χ3n) is 4.72. The van der Waals surface area contributed by atoms with Gasteiger partial charge in [-0.1, -0.05) is 44.2 Å². The van der Waals surface area contributed by atoms with Gasteiger partial charge >= 0.3 is 5.97 Å². The van der Waals surface area contributed by atoms with Crippen LogP contribution in [0.1, 0.15) is 47.3 Å². The highest BCUT2D eigenvalue weighted by molar-refractivity contribution is 6.00. The van der Waals surface area contributed by atoms with Gasteiger partial charge in [0.1, 0.15) is 11.7 Å². The average Bonchev–Trinajstić information content (AvgIpc) is 2.63. The van der Waals surface area contributed by atoms with Gasteiger partial charge in [-0.25, -0.2) is 0 Å². The molecule has 1 heterocycles. The van der Waals surface area contributed by atoms with Gasteiger partial charge in [-0.05, 0) is 35.2 Å². The molecule has 26 heavy (non-hydrogen) atoms. The van der Waals surface area contributed by atoms with E-state index in [9.17, 15) is 14.7 Å². The monoisotopic (exact) mass is 353 g/mol. The fourth-order valence-electron chi connectivity index (χ4n) is 3.63. The summed E-state index contributed by atoms with van der Waals surface area (Å²) in [7, 11) is 1.58. The van der Waals surface area contributed by atoms with Crippen LogP contribution in [-0.4, -0.2) is 35.5 Å². The lowest BCUT2D eigenvalue weighted by molar-refractivity contribution is -0.140. The van der Waals surface area contributed by atoms with Gasteiger partial charge in [0.05, 0.1) is 13.2 Å². The SMILES string of the molecule is COc1ccc([C@H]2[C@H](C(=O)O)c3ccccc3C(=O)N2CC(C)C)cc1. The number of amides is 1. The molecule has 1 aliphatic heterocycles. The van der Waals surface area contributed by atoms with E-state index >= 15 is 0 Å². The summed E-state index contributed by atoms with van der Waals surface area (Å²) in [4.78, 5) is 27.0. The van der Waals surface area contributed by atoms with E-state index in [4.69, 9.17) is 4.74 Å². The molecule has 1 N–H and O–H groups in total. The lowest BCUT2D eigenvalue weighted by atomic mass is 9.79. The smallest absolute Gasteiger partial charge is 0.313 e. The lowest BCUT2D eigenvalue weighted by Crippen LogP contribution is -2.46. The van der Waals surface area contributed by atoms with Crippen molar-refractivity contribution in [1.29, 1.82) is 0 Å². The molecular formula is C21H23NO4. The summed E-state index contributed by atoms with van der Waals surface area (Å²) in [6.45, 7) is 4.54. The fraction of sp³-hybridized carbons (Fsp3) is 0.333. The number of carboxylic acid groups (broad SMARTS) is 1. The van der Waals surface area contributed by atoms with Crippen molar-refractivity contribution in [3.05, 3.63) is 65.2 Å². The fourth-order valence-corrected chi connectivity index (χ4v) is 3.63.